The summed E-state index contributed by atoms with van der Waals surface area (Å²) in [5.41, 5.74) is 22.1. The third kappa shape index (κ3) is 12.1. The molecule has 6 heterocycles. The number of hydrogen-bond donors (Lipinski definition) is 0. The van der Waals surface area contributed by atoms with Crippen LogP contribution in [0.5, 0.6) is 0 Å². The molecule has 10 heteroatoms. The van der Waals surface area contributed by atoms with Crippen molar-refractivity contribution in [3.8, 4) is 33.9 Å². The van der Waals surface area contributed by atoms with E-state index in [9.17, 15) is 0 Å². The lowest BCUT2D eigenvalue weighted by molar-refractivity contribution is 0.0910. The van der Waals surface area contributed by atoms with Crippen LogP contribution in [-0.2, 0) is 43.3 Å². The summed E-state index contributed by atoms with van der Waals surface area (Å²) in [5, 5.41) is 8.57. The lowest BCUT2D eigenvalue weighted by Gasteiger charge is -2.20. The maximum Gasteiger partial charge on any atom is 0.268 e. The number of nitrogens with zero attached hydrogens (tertiary/aromatic N) is 6. The van der Waals surface area contributed by atoms with Crippen LogP contribution in [0.2, 0.25) is 0 Å². The number of amides is 4. The molecular weight excluding hydrogens is 1450 g/mol. The minimum Gasteiger partial charge on any atom is -0.308 e. The smallest absolute Gasteiger partial charge is 0.268 e. The number of carbonyl (C=O) groups excluding carboxylic acids is 4. The van der Waals surface area contributed by atoms with Crippen molar-refractivity contribution < 1.29 is 19.2 Å². The van der Waals surface area contributed by atoms with Crippen LogP contribution < -0.4 is 9.80 Å². The molecule has 0 aliphatic carbocycles. The molecule has 16 aromatic rings. The zero-order valence-electron chi connectivity index (χ0n) is 73.1. The third-order valence-electron chi connectivity index (χ3n) is 25.5. The summed E-state index contributed by atoms with van der Waals surface area (Å²) < 4.78 is 8.82. The van der Waals surface area contributed by atoms with E-state index in [1.54, 1.807) is 0 Å². The average molecular weight is 1550 g/mol. The molecule has 0 atom stereocenters. The van der Waals surface area contributed by atoms with Gasteiger partial charge in [-0.3, -0.25) is 19.2 Å². The molecule has 4 aromatic heterocycles. The van der Waals surface area contributed by atoms with Gasteiger partial charge >= 0.3 is 0 Å². The Hall–Kier alpha value is -11.9. The van der Waals surface area contributed by atoms with Crippen molar-refractivity contribution in [3.63, 3.8) is 0 Å². The summed E-state index contributed by atoms with van der Waals surface area (Å²) >= 11 is 0. The lowest BCUT2D eigenvalue weighted by atomic mass is 9.85. The Balaban J connectivity index is 0.773. The minimum atomic E-state index is -0.426. The fourth-order valence-electron chi connectivity index (χ4n) is 18.3. The van der Waals surface area contributed by atoms with E-state index in [0.29, 0.717) is 56.4 Å². The number of carbonyl (C=O) groups is 4. The summed E-state index contributed by atoms with van der Waals surface area (Å²) in [6, 6.07) is 77.0. The van der Waals surface area contributed by atoms with Gasteiger partial charge in [-0.15, -0.1) is 0 Å². The monoisotopic (exact) mass is 1550 g/mol. The largest absolute Gasteiger partial charge is 0.308 e. The lowest BCUT2D eigenvalue weighted by Crippen LogP contribution is -2.29. The van der Waals surface area contributed by atoms with Crippen LogP contribution in [-0.4, -0.2) is 41.9 Å². The second kappa shape index (κ2) is 25.8. The van der Waals surface area contributed by atoms with Crippen LogP contribution >= 0.6 is 0 Å². The molecule has 0 saturated heterocycles. The molecular formula is C108H108N6O4. The molecule has 2 aliphatic rings. The third-order valence-corrected chi connectivity index (χ3v) is 25.5. The van der Waals surface area contributed by atoms with Crippen molar-refractivity contribution in [1.82, 2.24) is 18.3 Å². The fraction of sp³-hybridized carbons (Fsp3) is 0.296. The first-order valence-electron chi connectivity index (χ1n) is 42.0. The van der Waals surface area contributed by atoms with Gasteiger partial charge < -0.3 is 18.3 Å². The van der Waals surface area contributed by atoms with Gasteiger partial charge in [0.25, 0.3) is 23.6 Å². The van der Waals surface area contributed by atoms with Crippen molar-refractivity contribution in [1.29, 1.82) is 0 Å². The van der Waals surface area contributed by atoms with Gasteiger partial charge in [-0.05, 0) is 245 Å². The van der Waals surface area contributed by atoms with Crippen molar-refractivity contribution >= 4 is 122 Å². The minimum absolute atomic E-state index is 0.144. The Kier molecular flexibility index (Phi) is 16.9. The van der Waals surface area contributed by atoms with Gasteiger partial charge in [-0.2, -0.15) is 0 Å². The van der Waals surface area contributed by atoms with E-state index in [-0.39, 0.29) is 43.3 Å². The van der Waals surface area contributed by atoms with Crippen LogP contribution in [0.4, 0.5) is 11.4 Å². The number of fused-ring (bicyclic) bond motifs is 14. The Labute approximate surface area is 693 Å². The number of rotatable bonds is 7. The van der Waals surface area contributed by atoms with E-state index in [1.165, 1.54) is 54.3 Å². The highest BCUT2D eigenvalue weighted by Gasteiger charge is 2.45. The maximum absolute atomic E-state index is 16.4. The highest BCUT2D eigenvalue weighted by molar-refractivity contribution is 6.38. The fourth-order valence-corrected chi connectivity index (χ4v) is 18.3. The molecule has 12 aromatic carbocycles. The molecule has 0 fully saturated rings. The number of anilines is 2. The summed E-state index contributed by atoms with van der Waals surface area (Å²) in [6.07, 6.45) is 0. The van der Waals surface area contributed by atoms with E-state index < -0.39 is 23.6 Å². The molecule has 0 unspecified atom stereocenters. The van der Waals surface area contributed by atoms with Crippen LogP contribution in [0.15, 0.2) is 218 Å². The van der Waals surface area contributed by atoms with Crippen molar-refractivity contribution in [2.45, 2.75) is 209 Å². The zero-order valence-corrected chi connectivity index (χ0v) is 73.1. The zero-order chi connectivity index (χ0) is 84.0. The van der Waals surface area contributed by atoms with Gasteiger partial charge in [0.2, 0.25) is 0 Å². The molecule has 0 saturated carbocycles. The molecule has 0 spiro atoms. The van der Waals surface area contributed by atoms with Crippen LogP contribution in [0.25, 0.3) is 121 Å². The number of hydrogen-bond acceptors (Lipinski definition) is 4. The van der Waals surface area contributed by atoms with Crippen molar-refractivity contribution in [2.75, 3.05) is 9.80 Å². The summed E-state index contributed by atoms with van der Waals surface area (Å²) in [6.45, 7) is 53.7. The quantitative estimate of drug-likeness (QED) is 0.149. The number of benzene rings is 12. The second-order valence-electron chi connectivity index (χ2n) is 41.9. The number of aromatic nitrogens is 4. The Morgan fingerprint density at radius 2 is 0.322 bits per heavy atom. The molecule has 118 heavy (non-hydrogen) atoms. The van der Waals surface area contributed by atoms with E-state index in [2.05, 4.69) is 354 Å². The highest BCUT2D eigenvalue weighted by atomic mass is 16.2. The van der Waals surface area contributed by atoms with Gasteiger partial charge in [0.1, 0.15) is 0 Å². The van der Waals surface area contributed by atoms with E-state index >= 15 is 19.2 Å². The predicted molar refractivity (Wildman–Crippen MR) is 494 cm³/mol. The van der Waals surface area contributed by atoms with Gasteiger partial charge in [0, 0.05) is 43.1 Å². The van der Waals surface area contributed by atoms with Crippen molar-refractivity contribution in [2.24, 2.45) is 0 Å². The standard InChI is InChI=1S/C108H108N6O4/c1-101(2,3)63-29-41-81-73(53-63)74-54-64(102(4,5)6)30-42-82(74)111(81)89-49-50-90(112-83-43-31-65(103(7,8)9)55-75(83)76-56-66(104(10,11)12)32-44-84(76)112)94-93(89)97(115)109(98(94)116)71-37-25-61(26-38-71)62-27-39-72(40-28-62)110-99(117)95-91(113-85-45-33-67(105(13,14)15)57-77(85)78-58-68(106(16,17)18)34-46-86(78)113)51-52-92(96(95)100(110)118)114-87-47-35-69(107(19,20)21)59-79(87)80-60-70(108(22,23)24)36-48-88(80)114/h25-60H,1-24H3. The first-order chi connectivity index (χ1) is 55.2. The van der Waals surface area contributed by atoms with Crippen LogP contribution in [0.1, 0.15) is 252 Å². The average Bonchev–Trinajstić information content (AvgIpc) is 1.54. The first-order valence-corrected chi connectivity index (χ1v) is 42.0. The van der Waals surface area contributed by atoms with E-state index in [4.69, 9.17) is 0 Å². The molecule has 10 nitrogen and oxygen atoms in total. The van der Waals surface area contributed by atoms with Gasteiger partial charge in [0.15, 0.2) is 0 Å². The molecule has 2 aliphatic heterocycles. The Bertz CT molecular complexity index is 5980. The van der Waals surface area contributed by atoms with E-state index in [0.717, 1.165) is 98.4 Å². The second-order valence-corrected chi connectivity index (χ2v) is 41.9. The normalized spacial score (nSPS) is 14.3. The Morgan fingerprint density at radius 1 is 0.178 bits per heavy atom. The SMILES string of the molecule is CC(C)(C)c1ccc2c(c1)c1cc(C(C)(C)C)ccc1n2-c1ccc(-n2c3ccc(C(C)(C)C)cc3c3cc(C(C)(C)C)ccc32)c2c1C(=O)N(c1ccc(-c3ccc(N4C(=O)c5c(-n6c7ccc(C(C)(C)C)cc7c7cc(C(C)(C)C)ccc76)ccc(-n6c7ccc(C(C)(C)C)cc7c7cc(C(C)(C)C)ccc76)c5C4=O)cc3)cc1)C2=O. The summed E-state index contributed by atoms with van der Waals surface area (Å²) in [4.78, 5) is 68.3. The Morgan fingerprint density at radius 3 is 0.458 bits per heavy atom. The molecule has 0 bridgehead atoms. The molecule has 4 amide bonds. The van der Waals surface area contributed by atoms with Gasteiger partial charge in [-0.1, -0.05) is 239 Å². The first kappa shape index (κ1) is 77.4. The van der Waals surface area contributed by atoms with Crippen LogP contribution in [0.3, 0.4) is 0 Å². The van der Waals surface area contributed by atoms with E-state index in [1.807, 2.05) is 48.5 Å². The van der Waals surface area contributed by atoms with Gasteiger partial charge in [-0.25, -0.2) is 9.80 Å². The van der Waals surface area contributed by atoms with Crippen molar-refractivity contribution in [3.05, 3.63) is 285 Å². The molecule has 0 radical (unpaired) electrons. The highest BCUT2D eigenvalue weighted by Crippen LogP contribution is 2.50. The molecule has 18 rings (SSSR count). The van der Waals surface area contributed by atoms with Gasteiger partial charge in [0.05, 0.1) is 101 Å². The number of imide groups is 2. The van der Waals surface area contributed by atoms with Crippen LogP contribution in [0, 0.1) is 0 Å². The summed E-state index contributed by atoms with van der Waals surface area (Å²) in [7, 11) is 0. The maximum atomic E-state index is 16.4. The molecule has 594 valence electrons. The summed E-state index contributed by atoms with van der Waals surface area (Å²) in [5.74, 6) is -1.71. The molecule has 0 N–H and O–H groups in total. The topological polar surface area (TPSA) is 94.5 Å². The predicted octanol–water partition coefficient (Wildman–Crippen LogP) is 27.7.